The molecule has 2 atom stereocenters. The van der Waals surface area contributed by atoms with Gasteiger partial charge in [-0.1, -0.05) is 39.5 Å². The maximum Gasteiger partial charge on any atom is 0.235 e. The summed E-state index contributed by atoms with van der Waals surface area (Å²) in [6.45, 7) is 7.32. The zero-order valence-corrected chi connectivity index (χ0v) is 13.1. The third-order valence-electron chi connectivity index (χ3n) is 3.54. The van der Waals surface area contributed by atoms with Crippen molar-refractivity contribution in [1.29, 1.82) is 0 Å². The van der Waals surface area contributed by atoms with E-state index >= 15 is 0 Å². The molecule has 116 valence electrons. The number of carbonyl (C=O) groups excluding carboxylic acids is 2. The normalized spacial score (nSPS) is 23.0. The Labute approximate surface area is 121 Å². The highest BCUT2D eigenvalue weighted by Gasteiger charge is 2.35. The molecule has 0 radical (unpaired) electrons. The second-order valence-corrected chi connectivity index (χ2v) is 5.35. The summed E-state index contributed by atoms with van der Waals surface area (Å²) < 4.78 is 0. The Morgan fingerprint density at radius 1 is 0.850 bits per heavy atom. The van der Waals surface area contributed by atoms with Crippen LogP contribution in [-0.4, -0.2) is 34.2 Å². The van der Waals surface area contributed by atoms with Gasteiger partial charge in [-0.05, 0) is 12.8 Å². The minimum absolute atomic E-state index is 0.0247. The maximum atomic E-state index is 11.8. The van der Waals surface area contributed by atoms with Crippen molar-refractivity contribution in [2.24, 2.45) is 0 Å². The lowest BCUT2D eigenvalue weighted by Crippen LogP contribution is -2.72. The van der Waals surface area contributed by atoms with E-state index in [9.17, 15) is 9.59 Å². The van der Waals surface area contributed by atoms with Gasteiger partial charge in [-0.15, -0.1) is 0 Å². The van der Waals surface area contributed by atoms with Crippen molar-refractivity contribution < 1.29 is 9.59 Å². The van der Waals surface area contributed by atoms with Gasteiger partial charge in [0.2, 0.25) is 11.8 Å². The molecular formula is C14H28N4O2. The molecule has 0 spiro atoms. The van der Waals surface area contributed by atoms with E-state index < -0.39 is 0 Å². The number of unbranched alkanes of at least 4 members (excludes halogenated alkanes) is 2. The Kier molecular flexibility index (Phi) is 6.95. The van der Waals surface area contributed by atoms with Gasteiger partial charge in [-0.2, -0.15) is 0 Å². The van der Waals surface area contributed by atoms with Crippen molar-refractivity contribution in [2.75, 3.05) is 0 Å². The van der Waals surface area contributed by atoms with E-state index in [2.05, 4.69) is 24.7 Å². The van der Waals surface area contributed by atoms with Crippen LogP contribution in [0.2, 0.25) is 0 Å². The van der Waals surface area contributed by atoms with Crippen molar-refractivity contribution in [1.82, 2.24) is 20.9 Å². The molecule has 0 aromatic carbocycles. The molecule has 0 aromatic heterocycles. The van der Waals surface area contributed by atoms with E-state index in [1.165, 1.54) is 0 Å². The fourth-order valence-electron chi connectivity index (χ4n) is 2.42. The minimum atomic E-state index is -0.158. The Balaban J connectivity index is 2.79. The third-order valence-corrected chi connectivity index (χ3v) is 3.54. The van der Waals surface area contributed by atoms with Crippen molar-refractivity contribution in [3.63, 3.8) is 0 Å². The summed E-state index contributed by atoms with van der Waals surface area (Å²) >= 11 is 0. The van der Waals surface area contributed by atoms with Crippen LogP contribution in [-0.2, 0) is 9.59 Å². The second kappa shape index (κ2) is 8.21. The lowest BCUT2D eigenvalue weighted by atomic mass is 10.1. The lowest BCUT2D eigenvalue weighted by Gasteiger charge is -2.47. The van der Waals surface area contributed by atoms with Crippen LogP contribution in [0.25, 0.3) is 0 Å². The van der Waals surface area contributed by atoms with Gasteiger partial charge < -0.3 is 0 Å². The fourth-order valence-corrected chi connectivity index (χ4v) is 2.42. The van der Waals surface area contributed by atoms with Crippen molar-refractivity contribution in [3.8, 4) is 0 Å². The predicted octanol–water partition coefficient (Wildman–Crippen LogP) is 1.74. The average molecular weight is 284 g/mol. The molecule has 1 aliphatic rings. The average Bonchev–Trinajstić information content (AvgIpc) is 2.42. The summed E-state index contributed by atoms with van der Waals surface area (Å²) in [5.74, 6) is -0.0494. The molecule has 1 fully saturated rings. The van der Waals surface area contributed by atoms with Gasteiger partial charge in [-0.25, -0.2) is 10.9 Å². The standard InChI is InChI=1S/C14H28N4O2/c1-5-7-9-13-15-18(12(4)20)14(10-8-6-2)16-17(13)11(3)19/h13-16H,5-10H2,1-4H3. The number of amides is 2. The first kappa shape index (κ1) is 16.9. The molecule has 1 rings (SSSR count). The maximum absolute atomic E-state index is 11.8. The topological polar surface area (TPSA) is 64.7 Å². The van der Waals surface area contributed by atoms with Crippen molar-refractivity contribution >= 4 is 11.8 Å². The second-order valence-electron chi connectivity index (χ2n) is 5.35. The Hall–Kier alpha value is -1.14. The molecule has 6 heteroatoms. The molecule has 20 heavy (non-hydrogen) atoms. The highest BCUT2D eigenvalue weighted by Crippen LogP contribution is 2.16. The van der Waals surface area contributed by atoms with Gasteiger partial charge in [0.25, 0.3) is 0 Å². The molecule has 0 saturated carbocycles. The van der Waals surface area contributed by atoms with Gasteiger partial charge in [0, 0.05) is 13.8 Å². The molecule has 1 heterocycles. The number of hydrazine groups is 2. The van der Waals surface area contributed by atoms with E-state index in [4.69, 9.17) is 0 Å². The molecule has 6 nitrogen and oxygen atoms in total. The number of nitrogens with zero attached hydrogens (tertiary/aromatic N) is 2. The van der Waals surface area contributed by atoms with Gasteiger partial charge >= 0.3 is 0 Å². The molecule has 0 aliphatic carbocycles. The number of hydrogen-bond acceptors (Lipinski definition) is 4. The SMILES string of the molecule is CCCCC1NN(C(C)=O)C(CCCC)NN1C(C)=O. The van der Waals surface area contributed by atoms with Crippen LogP contribution < -0.4 is 10.9 Å². The molecule has 0 aromatic rings. The van der Waals surface area contributed by atoms with Crippen molar-refractivity contribution in [2.45, 2.75) is 78.6 Å². The highest BCUT2D eigenvalue weighted by atomic mass is 16.2. The first-order valence-corrected chi connectivity index (χ1v) is 7.63. The zero-order valence-electron chi connectivity index (χ0n) is 13.1. The quantitative estimate of drug-likeness (QED) is 0.780. The van der Waals surface area contributed by atoms with Crippen molar-refractivity contribution in [3.05, 3.63) is 0 Å². The van der Waals surface area contributed by atoms with Crippen LogP contribution in [0.5, 0.6) is 0 Å². The van der Waals surface area contributed by atoms with E-state index in [-0.39, 0.29) is 24.1 Å². The molecule has 1 aliphatic heterocycles. The van der Waals surface area contributed by atoms with E-state index in [1.807, 2.05) is 0 Å². The molecule has 2 N–H and O–H groups in total. The van der Waals surface area contributed by atoms with Crippen LogP contribution in [0.1, 0.15) is 66.2 Å². The number of hydrogen-bond donors (Lipinski definition) is 2. The van der Waals surface area contributed by atoms with Gasteiger partial charge in [0.1, 0.15) is 12.3 Å². The minimum Gasteiger partial charge on any atom is -0.274 e. The molecular weight excluding hydrogens is 256 g/mol. The van der Waals surface area contributed by atoms with Gasteiger partial charge in [-0.3, -0.25) is 19.6 Å². The van der Waals surface area contributed by atoms with Crippen LogP contribution in [0.4, 0.5) is 0 Å². The lowest BCUT2D eigenvalue weighted by molar-refractivity contribution is -0.165. The zero-order chi connectivity index (χ0) is 15.1. The molecule has 2 amide bonds. The van der Waals surface area contributed by atoms with Gasteiger partial charge in [0.05, 0.1) is 0 Å². The summed E-state index contributed by atoms with van der Waals surface area (Å²) in [7, 11) is 0. The van der Waals surface area contributed by atoms with Gasteiger partial charge in [0.15, 0.2) is 0 Å². The summed E-state index contributed by atoms with van der Waals surface area (Å²) in [5, 5.41) is 3.27. The first-order chi connectivity index (χ1) is 9.51. The number of nitrogens with one attached hydrogen (secondary N) is 2. The Morgan fingerprint density at radius 3 is 1.45 bits per heavy atom. The van der Waals surface area contributed by atoms with Crippen LogP contribution in [0, 0.1) is 0 Å². The smallest absolute Gasteiger partial charge is 0.235 e. The Bertz CT molecular complexity index is 303. The van der Waals surface area contributed by atoms with E-state index in [0.29, 0.717) is 0 Å². The molecule has 2 unspecified atom stereocenters. The first-order valence-electron chi connectivity index (χ1n) is 7.63. The number of rotatable bonds is 6. The van der Waals surface area contributed by atoms with Crippen LogP contribution in [0.15, 0.2) is 0 Å². The largest absolute Gasteiger partial charge is 0.274 e. The monoisotopic (exact) mass is 284 g/mol. The predicted molar refractivity (Wildman–Crippen MR) is 77.9 cm³/mol. The highest BCUT2D eigenvalue weighted by molar-refractivity contribution is 5.75. The summed E-state index contributed by atoms with van der Waals surface area (Å²) in [6.07, 6.45) is 5.47. The molecule has 1 saturated heterocycles. The Morgan fingerprint density at radius 2 is 1.20 bits per heavy atom. The van der Waals surface area contributed by atoms with Crippen LogP contribution >= 0.6 is 0 Å². The molecule has 0 bridgehead atoms. The van der Waals surface area contributed by atoms with Crippen LogP contribution in [0.3, 0.4) is 0 Å². The third kappa shape index (κ3) is 4.45. The van der Waals surface area contributed by atoms with E-state index in [0.717, 1.165) is 38.5 Å². The number of carbonyl (C=O) groups is 2. The summed E-state index contributed by atoms with van der Waals surface area (Å²) in [5.41, 5.74) is 6.41. The summed E-state index contributed by atoms with van der Waals surface area (Å²) in [6, 6.07) is 0. The summed E-state index contributed by atoms with van der Waals surface area (Å²) in [4.78, 5) is 23.6. The fraction of sp³-hybridized carbons (Fsp3) is 0.857. The van der Waals surface area contributed by atoms with E-state index in [1.54, 1.807) is 23.9 Å².